The fourth-order valence-corrected chi connectivity index (χ4v) is 2.76. The number of aldehydes is 1. The topological polar surface area (TPSA) is 88.4 Å². The molecule has 0 aliphatic heterocycles. The number of ether oxygens (including phenoxy) is 3. The van der Waals surface area contributed by atoms with E-state index < -0.39 is 0 Å². The zero-order chi connectivity index (χ0) is 19.9. The Hall–Kier alpha value is -3.26. The zero-order valence-electron chi connectivity index (χ0n) is 16.0. The van der Waals surface area contributed by atoms with Crippen LogP contribution < -0.4 is 9.47 Å². The second-order valence-electron chi connectivity index (χ2n) is 6.23. The van der Waals surface area contributed by atoms with E-state index in [1.165, 1.54) is 7.11 Å². The predicted molar refractivity (Wildman–Crippen MR) is 102 cm³/mol. The molecule has 0 N–H and O–H groups in total. The van der Waals surface area contributed by atoms with Gasteiger partial charge in [-0.3, -0.25) is 19.4 Å². The van der Waals surface area contributed by atoms with E-state index in [1.54, 1.807) is 36.8 Å². The monoisotopic (exact) mass is 382 g/mol. The number of methoxy groups -OCH3 is 1. The van der Waals surface area contributed by atoms with Gasteiger partial charge in [-0.1, -0.05) is 6.07 Å². The summed E-state index contributed by atoms with van der Waals surface area (Å²) in [6.07, 6.45) is 5.67. The third kappa shape index (κ3) is 4.17. The highest BCUT2D eigenvalue weighted by Gasteiger charge is 2.16. The predicted octanol–water partition coefficient (Wildman–Crippen LogP) is 3.30. The molecule has 3 aromatic rings. The summed E-state index contributed by atoms with van der Waals surface area (Å²) in [5.41, 5.74) is 2.50. The molecule has 0 atom stereocenters. The van der Waals surface area contributed by atoms with Crippen LogP contribution in [0.4, 0.5) is 0 Å². The number of hydrogen-bond acceptors (Lipinski definition) is 7. The fraction of sp³-hybridized carbons (Fsp3) is 0.300. The minimum Gasteiger partial charge on any atom is -0.486 e. The Morgan fingerprint density at radius 3 is 2.54 bits per heavy atom. The maximum absolute atomic E-state index is 11.6. The van der Waals surface area contributed by atoms with Crippen molar-refractivity contribution in [2.45, 2.75) is 26.5 Å². The van der Waals surface area contributed by atoms with Crippen molar-refractivity contribution in [2.24, 2.45) is 0 Å². The maximum atomic E-state index is 11.6. The van der Waals surface area contributed by atoms with Crippen LogP contribution in [0.15, 0.2) is 42.9 Å². The highest BCUT2D eigenvalue weighted by Crippen LogP contribution is 2.29. The molecule has 8 nitrogen and oxygen atoms in total. The molecule has 1 aromatic carbocycles. The normalized spacial score (nSPS) is 10.9. The van der Waals surface area contributed by atoms with E-state index in [4.69, 9.17) is 14.2 Å². The fourth-order valence-electron chi connectivity index (χ4n) is 2.76. The van der Waals surface area contributed by atoms with Crippen molar-refractivity contribution in [3.05, 3.63) is 54.1 Å². The standard InChI is InChI=1S/C20H22N4O4/c1-14(2)24-17(7-8-23-24)20-16(21-9-10-22-20)12-27-18-5-4-6-19(15(18)11-25)28-13-26-3/h4-11,14H,12-13H2,1-3H3. The van der Waals surface area contributed by atoms with Crippen LogP contribution in [-0.2, 0) is 11.3 Å². The molecule has 0 saturated heterocycles. The number of hydrogen-bond donors (Lipinski definition) is 0. The van der Waals surface area contributed by atoms with Gasteiger partial charge in [-0.25, -0.2) is 0 Å². The summed E-state index contributed by atoms with van der Waals surface area (Å²) in [7, 11) is 1.51. The Morgan fingerprint density at radius 1 is 1.07 bits per heavy atom. The minimum absolute atomic E-state index is 0.0395. The summed E-state index contributed by atoms with van der Waals surface area (Å²) in [5, 5.41) is 4.35. The van der Waals surface area contributed by atoms with Crippen molar-refractivity contribution in [3.63, 3.8) is 0 Å². The molecular formula is C20H22N4O4. The molecule has 2 heterocycles. The first-order chi connectivity index (χ1) is 13.7. The van der Waals surface area contributed by atoms with Crippen LogP contribution in [-0.4, -0.2) is 39.9 Å². The Labute approximate surface area is 163 Å². The molecule has 2 aromatic heterocycles. The van der Waals surface area contributed by atoms with Gasteiger partial charge >= 0.3 is 0 Å². The molecule has 0 bridgehead atoms. The van der Waals surface area contributed by atoms with Gasteiger partial charge in [0.15, 0.2) is 13.1 Å². The Kier molecular flexibility index (Phi) is 6.33. The molecule has 0 aliphatic rings. The lowest BCUT2D eigenvalue weighted by atomic mass is 10.2. The largest absolute Gasteiger partial charge is 0.486 e. The van der Waals surface area contributed by atoms with Crippen molar-refractivity contribution in [2.75, 3.05) is 13.9 Å². The summed E-state index contributed by atoms with van der Waals surface area (Å²) in [5.74, 6) is 0.796. The van der Waals surface area contributed by atoms with E-state index in [0.29, 0.717) is 34.7 Å². The molecule has 0 saturated carbocycles. The van der Waals surface area contributed by atoms with Crippen LogP contribution in [0.1, 0.15) is 35.9 Å². The molecule has 8 heteroatoms. The first-order valence-corrected chi connectivity index (χ1v) is 8.82. The molecule has 28 heavy (non-hydrogen) atoms. The van der Waals surface area contributed by atoms with Crippen LogP contribution in [0.2, 0.25) is 0 Å². The summed E-state index contributed by atoms with van der Waals surface area (Å²) in [6.45, 7) is 4.27. The number of aromatic nitrogens is 4. The van der Waals surface area contributed by atoms with Gasteiger partial charge in [-0.05, 0) is 32.0 Å². The molecule has 0 spiro atoms. The molecule has 3 rings (SSSR count). The smallest absolute Gasteiger partial charge is 0.188 e. The van der Waals surface area contributed by atoms with Gasteiger partial charge in [-0.2, -0.15) is 5.10 Å². The molecular weight excluding hydrogens is 360 g/mol. The molecule has 0 unspecified atom stereocenters. The number of carbonyl (C=O) groups excluding carboxylic acids is 1. The van der Waals surface area contributed by atoms with Crippen molar-refractivity contribution < 1.29 is 19.0 Å². The van der Waals surface area contributed by atoms with Crippen molar-refractivity contribution in [1.29, 1.82) is 0 Å². The van der Waals surface area contributed by atoms with Crippen LogP contribution in [0.25, 0.3) is 11.4 Å². The summed E-state index contributed by atoms with van der Waals surface area (Å²) in [4.78, 5) is 20.4. The van der Waals surface area contributed by atoms with Gasteiger partial charge < -0.3 is 14.2 Å². The van der Waals surface area contributed by atoms with Gasteiger partial charge in [0.05, 0.1) is 11.3 Å². The summed E-state index contributed by atoms with van der Waals surface area (Å²) < 4.78 is 18.1. The van der Waals surface area contributed by atoms with Crippen molar-refractivity contribution >= 4 is 6.29 Å². The van der Waals surface area contributed by atoms with Crippen LogP contribution >= 0.6 is 0 Å². The van der Waals surface area contributed by atoms with Gasteiger partial charge in [0, 0.05) is 31.7 Å². The first kappa shape index (κ1) is 19.5. The van der Waals surface area contributed by atoms with E-state index in [2.05, 4.69) is 15.1 Å². The second-order valence-corrected chi connectivity index (χ2v) is 6.23. The molecule has 146 valence electrons. The SMILES string of the molecule is COCOc1cccc(OCc2nccnc2-c2ccnn2C(C)C)c1C=O. The van der Waals surface area contributed by atoms with Gasteiger partial charge in [0.1, 0.15) is 29.5 Å². The average molecular weight is 382 g/mol. The summed E-state index contributed by atoms with van der Waals surface area (Å²) >= 11 is 0. The molecule has 0 radical (unpaired) electrons. The number of rotatable bonds is 9. The molecule has 0 aliphatic carbocycles. The lowest BCUT2D eigenvalue weighted by molar-refractivity contribution is 0.0503. The third-order valence-corrected chi connectivity index (χ3v) is 4.02. The second kappa shape index (κ2) is 9.09. The average Bonchev–Trinajstić information content (AvgIpc) is 3.21. The van der Waals surface area contributed by atoms with Crippen molar-refractivity contribution in [1.82, 2.24) is 19.7 Å². The van der Waals surface area contributed by atoms with Crippen LogP contribution in [0.5, 0.6) is 11.5 Å². The Morgan fingerprint density at radius 2 is 1.82 bits per heavy atom. The van der Waals surface area contributed by atoms with Gasteiger partial charge in [0.25, 0.3) is 0 Å². The Balaban J connectivity index is 1.87. The third-order valence-electron chi connectivity index (χ3n) is 4.02. The minimum atomic E-state index is 0.0395. The van der Waals surface area contributed by atoms with E-state index >= 15 is 0 Å². The van der Waals surface area contributed by atoms with E-state index in [9.17, 15) is 4.79 Å². The van der Waals surface area contributed by atoms with Crippen molar-refractivity contribution in [3.8, 4) is 22.9 Å². The number of nitrogens with zero attached hydrogens (tertiary/aromatic N) is 4. The summed E-state index contributed by atoms with van der Waals surface area (Å²) in [6, 6.07) is 7.21. The lowest BCUT2D eigenvalue weighted by Crippen LogP contribution is -2.09. The Bertz CT molecular complexity index is 939. The van der Waals surface area contributed by atoms with E-state index in [0.717, 1.165) is 5.69 Å². The number of carbonyl (C=O) groups is 1. The highest BCUT2D eigenvalue weighted by atomic mass is 16.7. The first-order valence-electron chi connectivity index (χ1n) is 8.82. The highest BCUT2D eigenvalue weighted by molar-refractivity contribution is 5.83. The van der Waals surface area contributed by atoms with E-state index in [1.807, 2.05) is 24.6 Å². The van der Waals surface area contributed by atoms with Crippen LogP contribution in [0, 0.1) is 0 Å². The zero-order valence-corrected chi connectivity index (χ0v) is 16.0. The van der Waals surface area contributed by atoms with Gasteiger partial charge in [0.2, 0.25) is 0 Å². The number of benzene rings is 1. The molecule has 0 amide bonds. The molecule has 0 fully saturated rings. The van der Waals surface area contributed by atoms with Crippen LogP contribution in [0.3, 0.4) is 0 Å². The lowest BCUT2D eigenvalue weighted by Gasteiger charge is -2.15. The van der Waals surface area contributed by atoms with Gasteiger partial charge in [-0.15, -0.1) is 0 Å². The maximum Gasteiger partial charge on any atom is 0.188 e. The van der Waals surface area contributed by atoms with E-state index in [-0.39, 0.29) is 19.4 Å². The quantitative estimate of drug-likeness (QED) is 0.414.